The Morgan fingerprint density at radius 3 is 3.00 bits per heavy atom. The molecule has 1 nitrogen and oxygen atoms in total. The summed E-state index contributed by atoms with van der Waals surface area (Å²) in [5.41, 5.74) is 0.999. The van der Waals surface area contributed by atoms with Gasteiger partial charge in [0.25, 0.3) is 0 Å². The number of nitrogens with one attached hydrogen (secondary N) is 1. The lowest BCUT2D eigenvalue weighted by Gasteiger charge is -2.26. The largest absolute Gasteiger partial charge is 0.312 e. The fourth-order valence-electron chi connectivity index (χ4n) is 2.83. The highest BCUT2D eigenvalue weighted by Crippen LogP contribution is 2.28. The molecule has 1 N–H and O–H groups in total. The van der Waals surface area contributed by atoms with Gasteiger partial charge in [-0.15, -0.1) is 0 Å². The molecular formula is C15H21BrFN. The van der Waals surface area contributed by atoms with Crippen molar-refractivity contribution in [3.05, 3.63) is 34.1 Å². The summed E-state index contributed by atoms with van der Waals surface area (Å²) >= 11 is 3.46. The molecule has 2 unspecified atom stereocenters. The zero-order chi connectivity index (χ0) is 13.0. The molecule has 0 aliphatic heterocycles. The van der Waals surface area contributed by atoms with Crippen LogP contribution in [-0.4, -0.2) is 6.54 Å². The van der Waals surface area contributed by atoms with Gasteiger partial charge in [-0.2, -0.15) is 0 Å². The molecule has 0 spiro atoms. The van der Waals surface area contributed by atoms with Crippen LogP contribution in [0.2, 0.25) is 0 Å². The average Bonchev–Trinajstić information content (AvgIpc) is 2.34. The third-order valence-electron chi connectivity index (χ3n) is 3.80. The summed E-state index contributed by atoms with van der Waals surface area (Å²) in [6, 6.07) is 4.85. The van der Waals surface area contributed by atoms with Crippen molar-refractivity contribution < 1.29 is 4.39 Å². The number of hydrogen-bond acceptors (Lipinski definition) is 1. The Kier molecular flexibility index (Phi) is 5.19. The molecular weight excluding hydrogens is 293 g/mol. The maximum Gasteiger partial charge on any atom is 0.123 e. The number of halogens is 2. The summed E-state index contributed by atoms with van der Waals surface area (Å²) in [4.78, 5) is 0. The Hall–Kier alpha value is -0.410. The topological polar surface area (TPSA) is 12.0 Å². The van der Waals surface area contributed by atoms with Crippen molar-refractivity contribution in [3.8, 4) is 0 Å². The van der Waals surface area contributed by atoms with Gasteiger partial charge in [0, 0.05) is 11.0 Å². The van der Waals surface area contributed by atoms with Crippen molar-refractivity contribution in [1.82, 2.24) is 5.32 Å². The van der Waals surface area contributed by atoms with Gasteiger partial charge in [0.1, 0.15) is 5.82 Å². The van der Waals surface area contributed by atoms with Gasteiger partial charge in [0.05, 0.1) is 0 Å². The quantitative estimate of drug-likeness (QED) is 0.862. The molecule has 0 amide bonds. The molecule has 0 heterocycles. The van der Waals surface area contributed by atoms with E-state index in [2.05, 4.69) is 28.2 Å². The molecule has 1 aliphatic rings. The average molecular weight is 314 g/mol. The standard InChI is InChI=1S/C15H21BrFN/c1-11-3-2-4-12(7-11)9-18-10-13-8-14(17)5-6-15(13)16/h5-6,8,11-12,18H,2-4,7,9-10H2,1H3. The summed E-state index contributed by atoms with van der Waals surface area (Å²) in [5, 5.41) is 3.46. The summed E-state index contributed by atoms with van der Waals surface area (Å²) in [6.07, 6.45) is 5.40. The lowest BCUT2D eigenvalue weighted by atomic mass is 9.82. The first-order valence-electron chi connectivity index (χ1n) is 6.80. The number of rotatable bonds is 4. The first-order valence-corrected chi connectivity index (χ1v) is 7.59. The molecule has 1 aromatic carbocycles. The molecule has 1 fully saturated rings. The minimum Gasteiger partial charge on any atom is -0.312 e. The fraction of sp³-hybridized carbons (Fsp3) is 0.600. The van der Waals surface area contributed by atoms with E-state index in [0.29, 0.717) is 0 Å². The van der Waals surface area contributed by atoms with Gasteiger partial charge in [-0.05, 0) is 55.0 Å². The van der Waals surface area contributed by atoms with Crippen molar-refractivity contribution in [2.24, 2.45) is 11.8 Å². The second kappa shape index (κ2) is 6.67. The van der Waals surface area contributed by atoms with Crippen LogP contribution in [0.15, 0.2) is 22.7 Å². The molecule has 2 rings (SSSR count). The van der Waals surface area contributed by atoms with E-state index in [1.54, 1.807) is 12.1 Å². The van der Waals surface area contributed by atoms with Crippen LogP contribution in [-0.2, 0) is 6.54 Å². The predicted molar refractivity (Wildman–Crippen MR) is 76.9 cm³/mol. The van der Waals surface area contributed by atoms with Crippen LogP contribution < -0.4 is 5.32 Å². The van der Waals surface area contributed by atoms with Crippen LogP contribution in [0.5, 0.6) is 0 Å². The van der Waals surface area contributed by atoms with Crippen molar-refractivity contribution in [1.29, 1.82) is 0 Å². The molecule has 1 saturated carbocycles. The summed E-state index contributed by atoms with van der Waals surface area (Å²) < 4.78 is 14.1. The van der Waals surface area contributed by atoms with E-state index in [1.165, 1.54) is 31.7 Å². The Bertz CT molecular complexity index is 394. The normalized spacial score (nSPS) is 24.2. The SMILES string of the molecule is CC1CCCC(CNCc2cc(F)ccc2Br)C1. The summed E-state index contributed by atoms with van der Waals surface area (Å²) in [6.45, 7) is 4.13. The third-order valence-corrected chi connectivity index (χ3v) is 4.57. The lowest BCUT2D eigenvalue weighted by molar-refractivity contribution is 0.274. The van der Waals surface area contributed by atoms with E-state index in [9.17, 15) is 4.39 Å². The van der Waals surface area contributed by atoms with E-state index in [1.807, 2.05) is 0 Å². The maximum absolute atomic E-state index is 13.1. The van der Waals surface area contributed by atoms with Crippen molar-refractivity contribution in [2.75, 3.05) is 6.54 Å². The van der Waals surface area contributed by atoms with E-state index in [4.69, 9.17) is 0 Å². The van der Waals surface area contributed by atoms with E-state index < -0.39 is 0 Å². The van der Waals surface area contributed by atoms with Gasteiger partial charge in [-0.1, -0.05) is 35.7 Å². The van der Waals surface area contributed by atoms with Crippen LogP contribution >= 0.6 is 15.9 Å². The van der Waals surface area contributed by atoms with E-state index >= 15 is 0 Å². The Labute approximate surface area is 117 Å². The first-order chi connectivity index (χ1) is 8.65. The van der Waals surface area contributed by atoms with Crippen LogP contribution in [0.4, 0.5) is 4.39 Å². The number of hydrogen-bond donors (Lipinski definition) is 1. The van der Waals surface area contributed by atoms with Crippen LogP contribution in [0.1, 0.15) is 38.2 Å². The van der Waals surface area contributed by atoms with Gasteiger partial charge in [-0.25, -0.2) is 4.39 Å². The van der Waals surface area contributed by atoms with Crippen LogP contribution in [0.25, 0.3) is 0 Å². The highest BCUT2D eigenvalue weighted by atomic mass is 79.9. The Morgan fingerprint density at radius 1 is 1.39 bits per heavy atom. The van der Waals surface area contributed by atoms with Gasteiger partial charge < -0.3 is 5.32 Å². The summed E-state index contributed by atoms with van der Waals surface area (Å²) in [5.74, 6) is 1.49. The molecule has 1 aromatic rings. The summed E-state index contributed by atoms with van der Waals surface area (Å²) in [7, 11) is 0. The van der Waals surface area contributed by atoms with Crippen LogP contribution in [0.3, 0.4) is 0 Å². The van der Waals surface area contributed by atoms with Crippen molar-refractivity contribution in [3.63, 3.8) is 0 Å². The smallest absolute Gasteiger partial charge is 0.123 e. The Morgan fingerprint density at radius 2 is 2.22 bits per heavy atom. The molecule has 18 heavy (non-hydrogen) atoms. The van der Waals surface area contributed by atoms with Gasteiger partial charge >= 0.3 is 0 Å². The zero-order valence-corrected chi connectivity index (χ0v) is 12.5. The van der Waals surface area contributed by atoms with Gasteiger partial charge in [-0.3, -0.25) is 0 Å². The maximum atomic E-state index is 13.1. The van der Waals surface area contributed by atoms with Gasteiger partial charge in [0.2, 0.25) is 0 Å². The first kappa shape index (κ1) is 14.0. The molecule has 0 bridgehead atoms. The van der Waals surface area contributed by atoms with E-state index in [0.717, 1.165) is 35.0 Å². The molecule has 1 aliphatic carbocycles. The van der Waals surface area contributed by atoms with Crippen LogP contribution in [0, 0.1) is 17.7 Å². The van der Waals surface area contributed by atoms with Crippen molar-refractivity contribution in [2.45, 2.75) is 39.2 Å². The highest BCUT2D eigenvalue weighted by molar-refractivity contribution is 9.10. The molecule has 0 aromatic heterocycles. The van der Waals surface area contributed by atoms with Gasteiger partial charge in [0.15, 0.2) is 0 Å². The van der Waals surface area contributed by atoms with Crippen molar-refractivity contribution >= 4 is 15.9 Å². The fourth-order valence-corrected chi connectivity index (χ4v) is 3.22. The molecule has 0 saturated heterocycles. The minimum absolute atomic E-state index is 0.165. The minimum atomic E-state index is -0.165. The van der Waals surface area contributed by atoms with E-state index in [-0.39, 0.29) is 5.82 Å². The zero-order valence-electron chi connectivity index (χ0n) is 10.9. The molecule has 0 radical (unpaired) electrons. The second-order valence-electron chi connectivity index (χ2n) is 5.50. The Balaban J connectivity index is 1.79. The number of benzene rings is 1. The monoisotopic (exact) mass is 313 g/mol. The predicted octanol–water partition coefficient (Wildman–Crippen LogP) is 4.50. The molecule has 2 atom stereocenters. The molecule has 3 heteroatoms. The molecule has 100 valence electrons. The highest BCUT2D eigenvalue weighted by Gasteiger charge is 2.18. The second-order valence-corrected chi connectivity index (χ2v) is 6.36. The lowest BCUT2D eigenvalue weighted by Crippen LogP contribution is -2.26. The third kappa shape index (κ3) is 4.06.